The van der Waals surface area contributed by atoms with Crippen molar-refractivity contribution in [2.75, 3.05) is 6.61 Å². The van der Waals surface area contributed by atoms with Crippen molar-refractivity contribution in [3.63, 3.8) is 0 Å². The summed E-state index contributed by atoms with van der Waals surface area (Å²) in [6.45, 7) is 13.2. The van der Waals surface area contributed by atoms with Crippen LogP contribution in [0.1, 0.15) is 54.9 Å². The fraction of sp³-hybridized carbons (Fsp3) is 0.857. The summed E-state index contributed by atoms with van der Waals surface area (Å²) in [6.07, 6.45) is 0.376. The van der Waals surface area contributed by atoms with Crippen molar-refractivity contribution in [1.29, 1.82) is 0 Å². The van der Waals surface area contributed by atoms with E-state index in [0.29, 0.717) is 13.0 Å². The predicted octanol–water partition coefficient (Wildman–Crippen LogP) is 2.31. The van der Waals surface area contributed by atoms with Crippen molar-refractivity contribution < 1.29 is 14.3 Å². The number of Topliss-reactive ketones (excluding diaryl/α,β-unsaturated/α-hetero) is 1. The van der Waals surface area contributed by atoms with E-state index in [0.717, 1.165) is 0 Å². The van der Waals surface area contributed by atoms with E-state index in [1.165, 1.54) is 0 Å². The number of ketones is 1. The molecule has 4 heteroatoms. The lowest BCUT2D eigenvalue weighted by atomic mass is 10.0. The van der Waals surface area contributed by atoms with Crippen LogP contribution in [0.15, 0.2) is 0 Å². The second-order valence-corrected chi connectivity index (χ2v) is 6.45. The molecule has 0 aliphatic rings. The Morgan fingerprint density at radius 2 is 1.67 bits per heavy atom. The molecule has 4 nitrogen and oxygen atoms in total. The maximum absolute atomic E-state index is 11.6. The molecular formula is C14H27NO3. The van der Waals surface area contributed by atoms with Crippen molar-refractivity contribution in [1.82, 2.24) is 5.32 Å². The van der Waals surface area contributed by atoms with Gasteiger partial charge in [-0.05, 0) is 34.6 Å². The van der Waals surface area contributed by atoms with Crippen molar-refractivity contribution in [3.8, 4) is 0 Å². The maximum Gasteiger partial charge on any atom is 0.223 e. The molecule has 106 valence electrons. The van der Waals surface area contributed by atoms with Crippen molar-refractivity contribution in [3.05, 3.63) is 0 Å². The number of rotatable bonds is 7. The van der Waals surface area contributed by atoms with Gasteiger partial charge in [0.05, 0.1) is 17.7 Å². The van der Waals surface area contributed by atoms with E-state index in [4.69, 9.17) is 4.74 Å². The zero-order valence-corrected chi connectivity index (χ0v) is 12.7. The molecule has 1 amide bonds. The van der Waals surface area contributed by atoms with Gasteiger partial charge in [0, 0.05) is 12.3 Å². The summed E-state index contributed by atoms with van der Waals surface area (Å²) < 4.78 is 5.75. The molecule has 0 spiro atoms. The van der Waals surface area contributed by atoms with Crippen molar-refractivity contribution >= 4 is 11.7 Å². The number of hydrogen-bond donors (Lipinski definition) is 1. The lowest BCUT2D eigenvalue weighted by Gasteiger charge is -2.32. The third-order valence-electron chi connectivity index (χ3n) is 2.48. The Labute approximate surface area is 110 Å². The van der Waals surface area contributed by atoms with Crippen LogP contribution in [0.5, 0.6) is 0 Å². The summed E-state index contributed by atoms with van der Waals surface area (Å²) in [7, 11) is 0. The molecule has 0 atom stereocenters. The molecule has 0 saturated heterocycles. The smallest absolute Gasteiger partial charge is 0.223 e. The van der Waals surface area contributed by atoms with E-state index < -0.39 is 11.1 Å². The van der Waals surface area contributed by atoms with Crippen LogP contribution in [-0.4, -0.2) is 29.4 Å². The minimum absolute atomic E-state index is 0.00738. The number of ether oxygens (including phenoxy) is 1. The quantitative estimate of drug-likeness (QED) is 0.761. The Morgan fingerprint density at radius 1 is 1.17 bits per heavy atom. The second-order valence-electron chi connectivity index (χ2n) is 6.45. The summed E-state index contributed by atoms with van der Waals surface area (Å²) in [6, 6.07) is 0. The number of amides is 1. The first kappa shape index (κ1) is 17.1. The molecule has 0 aromatic carbocycles. The number of hydrogen-bond acceptors (Lipinski definition) is 3. The summed E-state index contributed by atoms with van der Waals surface area (Å²) in [4.78, 5) is 22.7. The average molecular weight is 257 g/mol. The van der Waals surface area contributed by atoms with Gasteiger partial charge in [0.1, 0.15) is 5.78 Å². The molecule has 0 aromatic heterocycles. The van der Waals surface area contributed by atoms with Gasteiger partial charge < -0.3 is 10.1 Å². The molecule has 0 heterocycles. The van der Waals surface area contributed by atoms with Gasteiger partial charge in [-0.15, -0.1) is 0 Å². The summed E-state index contributed by atoms with van der Waals surface area (Å²) in [5.41, 5.74) is -0.929. The molecule has 1 N–H and O–H groups in total. The van der Waals surface area contributed by atoms with Gasteiger partial charge in [0.15, 0.2) is 0 Å². The highest BCUT2D eigenvalue weighted by molar-refractivity contribution is 5.78. The number of carbonyl (C=O) groups excluding carboxylic acids is 2. The highest BCUT2D eigenvalue weighted by atomic mass is 16.5. The number of carbonyl (C=O) groups is 2. The summed E-state index contributed by atoms with van der Waals surface area (Å²) in [5, 5.41) is 2.93. The summed E-state index contributed by atoms with van der Waals surface area (Å²) in [5.74, 6) is 0.0616. The van der Waals surface area contributed by atoms with Crippen LogP contribution in [0.25, 0.3) is 0 Å². The van der Waals surface area contributed by atoms with Crippen LogP contribution < -0.4 is 5.32 Å². The Kier molecular flexibility index (Phi) is 6.00. The van der Waals surface area contributed by atoms with Crippen molar-refractivity contribution in [2.45, 2.75) is 66.0 Å². The van der Waals surface area contributed by atoms with E-state index in [2.05, 4.69) is 5.32 Å². The van der Waals surface area contributed by atoms with Crippen LogP contribution in [-0.2, 0) is 14.3 Å². The maximum atomic E-state index is 11.6. The van der Waals surface area contributed by atoms with Gasteiger partial charge in [-0.1, -0.05) is 13.8 Å². The molecular weight excluding hydrogens is 230 g/mol. The molecule has 0 aromatic rings. The topological polar surface area (TPSA) is 55.4 Å². The normalized spacial score (nSPS) is 12.7. The Bertz CT molecular complexity index is 306. The highest BCUT2D eigenvalue weighted by Gasteiger charge is 2.27. The standard InChI is InChI=1S/C14H27NO3/c1-10(2)12(17)15-13(4,5)9-18-14(6,7)8-11(3)16/h10H,8-9H2,1-7H3,(H,15,17). The van der Waals surface area contributed by atoms with Crippen LogP contribution in [0, 0.1) is 5.92 Å². The van der Waals surface area contributed by atoms with Crippen LogP contribution in [0.4, 0.5) is 0 Å². The first-order valence-corrected chi connectivity index (χ1v) is 6.41. The average Bonchev–Trinajstić information content (AvgIpc) is 2.12. The first-order valence-electron chi connectivity index (χ1n) is 6.41. The van der Waals surface area contributed by atoms with E-state index in [1.54, 1.807) is 6.92 Å². The molecule has 18 heavy (non-hydrogen) atoms. The zero-order chi connectivity index (χ0) is 14.6. The van der Waals surface area contributed by atoms with E-state index in [9.17, 15) is 9.59 Å². The SMILES string of the molecule is CC(=O)CC(C)(C)OCC(C)(C)NC(=O)C(C)C. The van der Waals surface area contributed by atoms with Gasteiger partial charge in [-0.25, -0.2) is 0 Å². The largest absolute Gasteiger partial charge is 0.373 e. The van der Waals surface area contributed by atoms with E-state index in [1.807, 2.05) is 41.5 Å². The molecule has 0 aliphatic carbocycles. The Hall–Kier alpha value is -0.900. The molecule has 0 radical (unpaired) electrons. The summed E-state index contributed by atoms with van der Waals surface area (Å²) >= 11 is 0. The molecule has 0 bridgehead atoms. The monoisotopic (exact) mass is 257 g/mol. The second kappa shape index (κ2) is 6.32. The molecule has 0 unspecified atom stereocenters. The minimum atomic E-state index is -0.494. The van der Waals surface area contributed by atoms with Gasteiger partial charge in [-0.2, -0.15) is 0 Å². The molecule has 0 saturated carbocycles. The fourth-order valence-corrected chi connectivity index (χ4v) is 1.54. The highest BCUT2D eigenvalue weighted by Crippen LogP contribution is 2.17. The fourth-order valence-electron chi connectivity index (χ4n) is 1.54. The Morgan fingerprint density at radius 3 is 2.06 bits per heavy atom. The Balaban J connectivity index is 4.33. The minimum Gasteiger partial charge on any atom is -0.373 e. The van der Waals surface area contributed by atoms with Crippen LogP contribution in [0.3, 0.4) is 0 Å². The van der Waals surface area contributed by atoms with E-state index in [-0.39, 0.29) is 17.6 Å². The van der Waals surface area contributed by atoms with Gasteiger partial charge in [0.25, 0.3) is 0 Å². The first-order chi connectivity index (χ1) is 7.95. The van der Waals surface area contributed by atoms with Gasteiger partial charge in [0.2, 0.25) is 5.91 Å². The van der Waals surface area contributed by atoms with Crippen LogP contribution >= 0.6 is 0 Å². The lowest BCUT2D eigenvalue weighted by Crippen LogP contribution is -2.50. The van der Waals surface area contributed by atoms with E-state index >= 15 is 0 Å². The van der Waals surface area contributed by atoms with Crippen molar-refractivity contribution in [2.24, 2.45) is 5.92 Å². The van der Waals surface area contributed by atoms with Crippen LogP contribution in [0.2, 0.25) is 0 Å². The molecule has 0 rings (SSSR count). The molecule has 0 aliphatic heterocycles. The third-order valence-corrected chi connectivity index (χ3v) is 2.48. The predicted molar refractivity (Wildman–Crippen MR) is 72.4 cm³/mol. The van der Waals surface area contributed by atoms with Gasteiger partial charge >= 0.3 is 0 Å². The third kappa shape index (κ3) is 7.43. The zero-order valence-electron chi connectivity index (χ0n) is 12.7. The van der Waals surface area contributed by atoms with Gasteiger partial charge in [-0.3, -0.25) is 9.59 Å². The molecule has 0 fully saturated rings. The lowest BCUT2D eigenvalue weighted by molar-refractivity contribution is -0.130. The number of nitrogens with one attached hydrogen (secondary N) is 1.